The summed E-state index contributed by atoms with van der Waals surface area (Å²) in [5.74, 6) is -1.06. The SMILES string of the molecule is N#Cc1cc(COC(=O)N2CCC(N)CC2)cc(OC(F)(F)F)c1.N#Cc1cc(COC(=O)N2CCC(N)CC2)cc(OC(F)(F)F)c1. The Morgan fingerprint density at radius 3 is 1.29 bits per heavy atom. The lowest BCUT2D eigenvalue weighted by molar-refractivity contribution is -0.275. The molecule has 2 aliphatic heterocycles. The molecule has 2 aromatic rings. The number of amides is 2. The summed E-state index contributed by atoms with van der Waals surface area (Å²) < 4.78 is 91.5. The van der Waals surface area contributed by atoms with Crippen molar-refractivity contribution in [3.05, 3.63) is 58.7 Å². The third-order valence-corrected chi connectivity index (χ3v) is 6.98. The maximum atomic E-state index is 12.3. The van der Waals surface area contributed by atoms with Crippen molar-refractivity contribution >= 4 is 12.2 Å². The first-order chi connectivity index (χ1) is 22.5. The monoisotopic (exact) mass is 686 g/mol. The zero-order valence-electron chi connectivity index (χ0n) is 25.4. The molecular weight excluding hydrogens is 654 g/mol. The summed E-state index contributed by atoms with van der Waals surface area (Å²) in [6.07, 6.45) is -8.19. The van der Waals surface area contributed by atoms with Gasteiger partial charge >= 0.3 is 24.9 Å². The van der Waals surface area contributed by atoms with Gasteiger partial charge in [0.1, 0.15) is 24.7 Å². The second-order valence-corrected chi connectivity index (χ2v) is 10.8. The van der Waals surface area contributed by atoms with Crippen molar-refractivity contribution in [1.29, 1.82) is 10.5 Å². The summed E-state index contributed by atoms with van der Waals surface area (Å²) in [5.41, 5.74) is 11.9. The molecule has 2 heterocycles. The van der Waals surface area contributed by atoms with Crippen LogP contribution in [0, 0.1) is 22.7 Å². The topological polar surface area (TPSA) is 177 Å². The predicted molar refractivity (Wildman–Crippen MR) is 154 cm³/mol. The van der Waals surface area contributed by atoms with E-state index in [4.69, 9.17) is 31.5 Å². The van der Waals surface area contributed by atoms with Crippen molar-refractivity contribution in [3.8, 4) is 23.6 Å². The van der Waals surface area contributed by atoms with Crippen LogP contribution in [-0.4, -0.2) is 73.0 Å². The third kappa shape index (κ3) is 13.0. The van der Waals surface area contributed by atoms with Crippen LogP contribution in [0.15, 0.2) is 36.4 Å². The Morgan fingerprint density at radius 1 is 0.667 bits per heavy atom. The fourth-order valence-corrected chi connectivity index (χ4v) is 4.64. The van der Waals surface area contributed by atoms with Gasteiger partial charge in [0.05, 0.1) is 23.3 Å². The van der Waals surface area contributed by atoms with Crippen LogP contribution in [-0.2, 0) is 22.7 Å². The smallest absolute Gasteiger partial charge is 0.445 e. The van der Waals surface area contributed by atoms with Crippen molar-refractivity contribution in [2.45, 2.75) is 63.7 Å². The first-order valence-electron chi connectivity index (χ1n) is 14.5. The van der Waals surface area contributed by atoms with Gasteiger partial charge in [-0.3, -0.25) is 0 Å². The van der Waals surface area contributed by atoms with Gasteiger partial charge in [0, 0.05) is 38.3 Å². The number of alkyl halides is 6. The van der Waals surface area contributed by atoms with Gasteiger partial charge in [-0.25, -0.2) is 9.59 Å². The molecule has 2 amide bonds. The number of nitriles is 2. The number of likely N-dealkylation sites (tertiary alicyclic amines) is 2. The summed E-state index contributed by atoms with van der Waals surface area (Å²) in [4.78, 5) is 26.8. The lowest BCUT2D eigenvalue weighted by Crippen LogP contribution is -2.43. The van der Waals surface area contributed by atoms with E-state index in [1.165, 1.54) is 21.9 Å². The molecule has 18 heteroatoms. The van der Waals surface area contributed by atoms with Crippen LogP contribution in [0.1, 0.15) is 47.9 Å². The van der Waals surface area contributed by atoms with Gasteiger partial charge in [-0.1, -0.05) is 0 Å². The minimum Gasteiger partial charge on any atom is -0.445 e. The number of piperidine rings is 2. The van der Waals surface area contributed by atoms with Crippen molar-refractivity contribution in [1.82, 2.24) is 9.80 Å². The minimum atomic E-state index is -4.87. The number of carbonyl (C=O) groups excluding carboxylic acids is 2. The zero-order chi connectivity index (χ0) is 35.5. The van der Waals surface area contributed by atoms with Crippen molar-refractivity contribution in [2.75, 3.05) is 26.2 Å². The third-order valence-electron chi connectivity index (χ3n) is 6.98. The number of ether oxygens (including phenoxy) is 4. The van der Waals surface area contributed by atoms with Gasteiger partial charge in [0.2, 0.25) is 0 Å². The van der Waals surface area contributed by atoms with Gasteiger partial charge in [0.25, 0.3) is 0 Å². The summed E-state index contributed by atoms with van der Waals surface area (Å²) >= 11 is 0. The second-order valence-electron chi connectivity index (χ2n) is 10.8. The molecule has 4 rings (SSSR count). The van der Waals surface area contributed by atoms with Gasteiger partial charge < -0.3 is 40.2 Å². The molecule has 0 saturated carbocycles. The Hall–Kier alpha value is -4.94. The number of halogens is 6. The highest BCUT2D eigenvalue weighted by atomic mass is 19.4. The van der Waals surface area contributed by atoms with Gasteiger partial charge in [0.15, 0.2) is 0 Å². The molecule has 2 aromatic carbocycles. The molecule has 0 radical (unpaired) electrons. The summed E-state index contributed by atoms with van der Waals surface area (Å²) in [5, 5.41) is 17.8. The van der Waals surface area contributed by atoms with Crippen molar-refractivity contribution in [2.24, 2.45) is 11.5 Å². The molecule has 260 valence electrons. The van der Waals surface area contributed by atoms with Crippen LogP contribution < -0.4 is 20.9 Å². The number of hydrogen-bond acceptors (Lipinski definition) is 10. The van der Waals surface area contributed by atoms with E-state index in [0.29, 0.717) is 51.9 Å². The maximum absolute atomic E-state index is 12.3. The van der Waals surface area contributed by atoms with Crippen molar-refractivity contribution in [3.63, 3.8) is 0 Å². The van der Waals surface area contributed by atoms with E-state index in [1.54, 1.807) is 12.1 Å². The molecule has 0 aliphatic carbocycles. The average molecular weight is 687 g/mol. The van der Waals surface area contributed by atoms with E-state index in [-0.39, 0.29) is 47.6 Å². The molecule has 2 aliphatic rings. The van der Waals surface area contributed by atoms with Crippen LogP contribution >= 0.6 is 0 Å². The summed E-state index contributed by atoms with van der Waals surface area (Å²) in [7, 11) is 0. The standard InChI is InChI=1S/2C15H16F3N3O3/c2*16-15(17,18)24-13-6-10(8-19)5-11(7-13)9-23-14(22)21-3-1-12(20)2-4-21/h2*5-7,12H,1-4,9,20H2. The Bertz CT molecular complexity index is 1380. The van der Waals surface area contributed by atoms with E-state index >= 15 is 0 Å². The molecular formula is C30H32F6N6O6. The first kappa shape index (κ1) is 37.5. The fourth-order valence-electron chi connectivity index (χ4n) is 4.64. The van der Waals surface area contributed by atoms with Gasteiger partial charge in [-0.2, -0.15) is 10.5 Å². The molecule has 2 saturated heterocycles. The molecule has 48 heavy (non-hydrogen) atoms. The van der Waals surface area contributed by atoms with E-state index in [9.17, 15) is 35.9 Å². The number of nitrogens with two attached hydrogens (primary N) is 2. The molecule has 0 aromatic heterocycles. The number of carbonyl (C=O) groups is 2. The van der Waals surface area contributed by atoms with Crippen LogP contribution in [0.4, 0.5) is 35.9 Å². The van der Waals surface area contributed by atoms with E-state index in [2.05, 4.69) is 9.47 Å². The normalized spacial score (nSPS) is 15.7. The van der Waals surface area contributed by atoms with E-state index in [1.807, 2.05) is 0 Å². The number of nitrogens with zero attached hydrogens (tertiary/aromatic N) is 4. The average Bonchev–Trinajstić information content (AvgIpc) is 3.01. The minimum absolute atomic E-state index is 0.0215. The quantitative estimate of drug-likeness (QED) is 0.392. The highest BCUT2D eigenvalue weighted by Gasteiger charge is 2.32. The molecule has 12 nitrogen and oxygen atoms in total. The number of hydrogen-bond donors (Lipinski definition) is 2. The van der Waals surface area contributed by atoms with Crippen LogP contribution in [0.5, 0.6) is 11.5 Å². The lowest BCUT2D eigenvalue weighted by Gasteiger charge is -2.29. The molecule has 0 unspecified atom stereocenters. The van der Waals surface area contributed by atoms with Gasteiger partial charge in [-0.15, -0.1) is 26.3 Å². The summed E-state index contributed by atoms with van der Waals surface area (Å²) in [6.45, 7) is 1.37. The molecule has 2 fully saturated rings. The number of benzene rings is 2. The van der Waals surface area contributed by atoms with Crippen LogP contribution in [0.25, 0.3) is 0 Å². The summed E-state index contributed by atoms with van der Waals surface area (Å²) in [6, 6.07) is 10.3. The highest BCUT2D eigenvalue weighted by Crippen LogP contribution is 2.27. The Morgan fingerprint density at radius 2 is 1.00 bits per heavy atom. The van der Waals surface area contributed by atoms with Gasteiger partial charge in [-0.05, 0) is 73.2 Å². The van der Waals surface area contributed by atoms with Crippen molar-refractivity contribution < 1.29 is 54.9 Å². The lowest BCUT2D eigenvalue weighted by atomic mass is 10.1. The molecule has 0 atom stereocenters. The zero-order valence-corrected chi connectivity index (χ0v) is 25.4. The fraction of sp³-hybridized carbons (Fsp3) is 0.467. The molecule has 0 spiro atoms. The Balaban J connectivity index is 0.000000260. The maximum Gasteiger partial charge on any atom is 0.573 e. The molecule has 0 bridgehead atoms. The largest absolute Gasteiger partial charge is 0.573 e. The first-order valence-corrected chi connectivity index (χ1v) is 14.5. The predicted octanol–water partition coefficient (Wildman–Crippen LogP) is 5.03. The Kier molecular flexibility index (Phi) is 13.1. The number of rotatable bonds is 6. The van der Waals surface area contributed by atoms with Crippen LogP contribution in [0.2, 0.25) is 0 Å². The van der Waals surface area contributed by atoms with E-state index < -0.39 is 36.4 Å². The second kappa shape index (κ2) is 16.8. The van der Waals surface area contributed by atoms with E-state index in [0.717, 1.165) is 24.3 Å². The highest BCUT2D eigenvalue weighted by molar-refractivity contribution is 5.68. The van der Waals surface area contributed by atoms with Crippen LogP contribution in [0.3, 0.4) is 0 Å². The molecule has 4 N–H and O–H groups in total. The Labute approximate surface area is 271 Å².